The molecule has 100 valence electrons. The Morgan fingerprint density at radius 2 is 1.94 bits per heavy atom. The van der Waals surface area contributed by atoms with Crippen molar-refractivity contribution in [1.29, 1.82) is 0 Å². The van der Waals surface area contributed by atoms with Crippen molar-refractivity contribution in [3.8, 4) is 0 Å². The van der Waals surface area contributed by atoms with E-state index in [0.29, 0.717) is 13.0 Å². The van der Waals surface area contributed by atoms with E-state index in [9.17, 15) is 4.39 Å². The maximum atomic E-state index is 13.4. The van der Waals surface area contributed by atoms with Crippen molar-refractivity contribution in [2.24, 2.45) is 4.99 Å². The summed E-state index contributed by atoms with van der Waals surface area (Å²) in [5, 5.41) is 6.39. The topological polar surface area (TPSA) is 36.4 Å². The Labute approximate surface area is 109 Å². The van der Waals surface area contributed by atoms with Gasteiger partial charge in [0.1, 0.15) is 5.82 Å². The van der Waals surface area contributed by atoms with Crippen LogP contribution in [0.4, 0.5) is 4.39 Å². The Morgan fingerprint density at radius 1 is 1.22 bits per heavy atom. The van der Waals surface area contributed by atoms with Crippen LogP contribution in [0.25, 0.3) is 0 Å². The minimum absolute atomic E-state index is 0.145. The van der Waals surface area contributed by atoms with Crippen LogP contribution in [0.2, 0.25) is 0 Å². The van der Waals surface area contributed by atoms with E-state index in [1.165, 1.54) is 6.07 Å². The molecule has 0 saturated carbocycles. The van der Waals surface area contributed by atoms with Gasteiger partial charge in [0.25, 0.3) is 0 Å². The summed E-state index contributed by atoms with van der Waals surface area (Å²) in [6.45, 7) is 3.73. The van der Waals surface area contributed by atoms with Gasteiger partial charge in [0, 0.05) is 20.1 Å². The van der Waals surface area contributed by atoms with Crippen molar-refractivity contribution < 1.29 is 4.39 Å². The number of halogens is 1. The van der Waals surface area contributed by atoms with E-state index in [0.717, 1.165) is 30.9 Å². The number of nitrogens with one attached hydrogen (secondary N) is 2. The monoisotopic (exact) mass is 251 g/mol. The van der Waals surface area contributed by atoms with Crippen molar-refractivity contribution in [2.45, 2.75) is 26.2 Å². The lowest BCUT2D eigenvalue weighted by molar-refractivity contribution is 0.606. The normalized spacial score (nSPS) is 11.4. The number of benzene rings is 1. The Kier molecular flexibility index (Phi) is 6.84. The van der Waals surface area contributed by atoms with E-state index in [2.05, 4.69) is 22.5 Å². The minimum Gasteiger partial charge on any atom is -0.356 e. The Morgan fingerprint density at radius 3 is 2.61 bits per heavy atom. The molecule has 0 saturated heterocycles. The zero-order chi connectivity index (χ0) is 13.2. The molecule has 0 atom stereocenters. The number of guanidine groups is 1. The smallest absolute Gasteiger partial charge is 0.190 e. The van der Waals surface area contributed by atoms with Gasteiger partial charge >= 0.3 is 0 Å². The van der Waals surface area contributed by atoms with Crippen molar-refractivity contribution in [2.75, 3.05) is 20.1 Å². The van der Waals surface area contributed by atoms with Gasteiger partial charge in [-0.05, 0) is 24.5 Å². The summed E-state index contributed by atoms with van der Waals surface area (Å²) in [5.41, 5.74) is 0.731. The summed E-state index contributed by atoms with van der Waals surface area (Å²) >= 11 is 0. The first-order valence-corrected chi connectivity index (χ1v) is 6.45. The van der Waals surface area contributed by atoms with Crippen LogP contribution >= 0.6 is 0 Å². The first-order chi connectivity index (χ1) is 8.77. The van der Waals surface area contributed by atoms with E-state index < -0.39 is 0 Å². The molecule has 0 unspecified atom stereocenters. The van der Waals surface area contributed by atoms with E-state index in [1.807, 2.05) is 12.1 Å². The SMILES string of the molecule is CCCCNC(=NC)NCCc1ccccc1F. The predicted molar refractivity (Wildman–Crippen MR) is 74.4 cm³/mol. The first-order valence-electron chi connectivity index (χ1n) is 6.45. The van der Waals surface area contributed by atoms with Gasteiger partial charge in [-0.25, -0.2) is 4.39 Å². The molecule has 0 fully saturated rings. The molecule has 1 aromatic carbocycles. The van der Waals surface area contributed by atoms with Crippen molar-refractivity contribution in [3.05, 3.63) is 35.6 Å². The number of hydrogen-bond donors (Lipinski definition) is 2. The molecule has 1 aromatic rings. The van der Waals surface area contributed by atoms with Crippen molar-refractivity contribution >= 4 is 5.96 Å². The Bertz CT molecular complexity index is 377. The average Bonchev–Trinajstić information content (AvgIpc) is 2.39. The maximum absolute atomic E-state index is 13.4. The standard InChI is InChI=1S/C14H22FN3/c1-3-4-10-17-14(16-2)18-11-9-12-7-5-6-8-13(12)15/h5-8H,3-4,9-11H2,1-2H3,(H2,16,17,18). The average molecular weight is 251 g/mol. The van der Waals surface area contributed by atoms with Crippen LogP contribution in [0.1, 0.15) is 25.3 Å². The molecule has 0 amide bonds. The molecule has 0 aromatic heterocycles. The number of unbranched alkanes of at least 4 members (excludes halogenated alkanes) is 1. The fraction of sp³-hybridized carbons (Fsp3) is 0.500. The van der Waals surface area contributed by atoms with Gasteiger partial charge in [-0.1, -0.05) is 31.5 Å². The van der Waals surface area contributed by atoms with E-state index in [4.69, 9.17) is 0 Å². The highest BCUT2D eigenvalue weighted by molar-refractivity contribution is 5.79. The quantitative estimate of drug-likeness (QED) is 0.462. The minimum atomic E-state index is -0.145. The molecule has 0 aliphatic heterocycles. The summed E-state index contributed by atoms with van der Waals surface area (Å²) in [4.78, 5) is 4.11. The molecular weight excluding hydrogens is 229 g/mol. The second-order valence-electron chi connectivity index (χ2n) is 4.12. The van der Waals surface area contributed by atoms with Gasteiger partial charge in [-0.2, -0.15) is 0 Å². The van der Waals surface area contributed by atoms with Gasteiger partial charge in [0.15, 0.2) is 5.96 Å². The van der Waals surface area contributed by atoms with Crippen LogP contribution in [0.3, 0.4) is 0 Å². The Hall–Kier alpha value is -1.58. The van der Waals surface area contributed by atoms with Crippen molar-refractivity contribution in [1.82, 2.24) is 10.6 Å². The molecule has 2 N–H and O–H groups in total. The third kappa shape index (κ3) is 5.17. The predicted octanol–water partition coefficient (Wildman–Crippen LogP) is 2.33. The highest BCUT2D eigenvalue weighted by atomic mass is 19.1. The summed E-state index contributed by atoms with van der Waals surface area (Å²) in [5.74, 6) is 0.632. The molecule has 0 bridgehead atoms. The zero-order valence-corrected chi connectivity index (χ0v) is 11.2. The van der Waals surface area contributed by atoms with E-state index in [1.54, 1.807) is 13.1 Å². The first kappa shape index (κ1) is 14.5. The van der Waals surface area contributed by atoms with Crippen LogP contribution < -0.4 is 10.6 Å². The van der Waals surface area contributed by atoms with Gasteiger partial charge in [0.05, 0.1) is 0 Å². The number of rotatable bonds is 6. The largest absolute Gasteiger partial charge is 0.356 e. The van der Waals surface area contributed by atoms with E-state index >= 15 is 0 Å². The number of aliphatic imine (C=N–C) groups is 1. The molecule has 0 heterocycles. The molecule has 4 heteroatoms. The summed E-state index contributed by atoms with van der Waals surface area (Å²) in [6.07, 6.45) is 2.92. The fourth-order valence-corrected chi connectivity index (χ4v) is 1.62. The number of hydrogen-bond acceptors (Lipinski definition) is 1. The second-order valence-corrected chi connectivity index (χ2v) is 4.12. The molecular formula is C14H22FN3. The summed E-state index contributed by atoms with van der Waals surface area (Å²) < 4.78 is 13.4. The molecule has 0 aliphatic rings. The zero-order valence-electron chi connectivity index (χ0n) is 11.2. The second kappa shape index (κ2) is 8.50. The molecule has 1 rings (SSSR count). The fourth-order valence-electron chi connectivity index (χ4n) is 1.62. The van der Waals surface area contributed by atoms with Crippen LogP contribution in [-0.2, 0) is 6.42 Å². The number of nitrogens with zero attached hydrogens (tertiary/aromatic N) is 1. The molecule has 0 radical (unpaired) electrons. The van der Waals surface area contributed by atoms with Gasteiger partial charge in [-0.15, -0.1) is 0 Å². The lowest BCUT2D eigenvalue weighted by atomic mass is 10.1. The molecule has 0 spiro atoms. The third-order valence-corrected chi connectivity index (χ3v) is 2.69. The summed E-state index contributed by atoms with van der Waals surface area (Å²) in [7, 11) is 1.74. The molecule has 3 nitrogen and oxygen atoms in total. The van der Waals surface area contributed by atoms with Gasteiger partial charge in [0.2, 0.25) is 0 Å². The molecule has 18 heavy (non-hydrogen) atoms. The van der Waals surface area contributed by atoms with Gasteiger partial charge in [-0.3, -0.25) is 4.99 Å². The highest BCUT2D eigenvalue weighted by Crippen LogP contribution is 2.05. The van der Waals surface area contributed by atoms with Crippen LogP contribution in [0.15, 0.2) is 29.3 Å². The lowest BCUT2D eigenvalue weighted by Crippen LogP contribution is -2.38. The molecule has 0 aliphatic carbocycles. The van der Waals surface area contributed by atoms with Crippen LogP contribution in [0, 0.1) is 5.82 Å². The highest BCUT2D eigenvalue weighted by Gasteiger charge is 2.01. The summed E-state index contributed by atoms with van der Waals surface area (Å²) in [6, 6.07) is 6.86. The van der Waals surface area contributed by atoms with E-state index in [-0.39, 0.29) is 5.82 Å². The Balaban J connectivity index is 2.30. The lowest BCUT2D eigenvalue weighted by Gasteiger charge is -2.11. The van der Waals surface area contributed by atoms with Crippen LogP contribution in [0.5, 0.6) is 0 Å². The third-order valence-electron chi connectivity index (χ3n) is 2.69. The van der Waals surface area contributed by atoms with Crippen LogP contribution in [-0.4, -0.2) is 26.1 Å². The van der Waals surface area contributed by atoms with Crippen molar-refractivity contribution in [3.63, 3.8) is 0 Å². The van der Waals surface area contributed by atoms with Gasteiger partial charge < -0.3 is 10.6 Å². The maximum Gasteiger partial charge on any atom is 0.190 e.